The Bertz CT molecular complexity index is 3100. The molecule has 3 N–H and O–H groups in total. The Morgan fingerprint density at radius 2 is 1.23 bits per heavy atom. The van der Waals surface area contributed by atoms with E-state index in [9.17, 15) is 51.5 Å². The number of halogens is 4. The summed E-state index contributed by atoms with van der Waals surface area (Å²) in [4.78, 5) is 190. The van der Waals surface area contributed by atoms with Crippen LogP contribution in [-0.2, 0) is 70.1 Å². The molecule has 3 aliphatic heterocycles. The molecule has 24 nitrogen and oxygen atoms in total. The fourth-order valence-corrected chi connectivity index (χ4v) is 15.5. The number of hydrogen-bond donors (Lipinski definition) is 3. The molecule has 1 aromatic rings. The molecule has 552 valence electrons. The van der Waals surface area contributed by atoms with E-state index in [1.165, 1.54) is 79.9 Å². The number of alkyl halides is 3. The molecule has 12 amide bonds. The van der Waals surface area contributed by atoms with Crippen molar-refractivity contribution in [3.8, 4) is 0 Å². The van der Waals surface area contributed by atoms with Gasteiger partial charge in [0.1, 0.15) is 47.8 Å². The number of amides is 12. The molecule has 3 saturated carbocycles. The number of likely N-dealkylation sites (N-methyl/N-ethyl adjacent to an activating group) is 7. The SMILES string of the molecule is CC[C@H](C)[C@@H]1NC(=O)[C@H](CC(C)C)N(C)C(=O)C[C@@H](C(=O)N2CCCC2)N(C)C(=O)[C@H](C2CCCCC2)N(C)C(=O)C2(CCC2)NC(=O)[C@@H]2CCCN2C(=O)[C@H](CCc2ccc(C(F)(F)F)c(Cl)c2)NC(=O)CN(C)C(=O)[C@H](CC2CCCCC2)N(C)C(=O)CN(C)C(=O)CN(C)C1=O. The Labute approximate surface area is 586 Å². The number of fused-ring (bicyclic) bond motifs is 1. The van der Waals surface area contributed by atoms with Crippen LogP contribution < -0.4 is 16.0 Å². The first kappa shape index (κ1) is 79.3. The molecule has 3 aliphatic carbocycles. The van der Waals surface area contributed by atoms with Crippen LogP contribution in [0.4, 0.5) is 13.2 Å². The molecule has 3 saturated heterocycles. The van der Waals surface area contributed by atoms with Gasteiger partial charge in [0.05, 0.1) is 36.6 Å². The lowest BCUT2D eigenvalue weighted by Gasteiger charge is -2.47. The van der Waals surface area contributed by atoms with E-state index in [-0.39, 0.29) is 63.3 Å². The zero-order valence-electron chi connectivity index (χ0n) is 60.0. The molecule has 99 heavy (non-hydrogen) atoms. The monoisotopic (exact) mass is 1410 g/mol. The summed E-state index contributed by atoms with van der Waals surface area (Å²) in [5.41, 5.74) is -2.31. The average molecular weight is 1410 g/mol. The second-order valence-electron chi connectivity index (χ2n) is 29.5. The maximum atomic E-state index is 15.7. The van der Waals surface area contributed by atoms with E-state index >= 15 is 19.2 Å². The lowest BCUT2D eigenvalue weighted by molar-refractivity contribution is -0.158. The van der Waals surface area contributed by atoms with E-state index in [1.54, 1.807) is 11.8 Å². The number of nitrogens with one attached hydrogen (secondary N) is 3. The lowest BCUT2D eigenvalue weighted by atomic mass is 9.74. The van der Waals surface area contributed by atoms with E-state index in [2.05, 4.69) is 16.0 Å². The molecule has 7 rings (SSSR count). The number of carbonyl (C=O) groups is 12. The third-order valence-corrected chi connectivity index (χ3v) is 22.2. The predicted octanol–water partition coefficient (Wildman–Crippen LogP) is 5.64. The van der Waals surface area contributed by atoms with Gasteiger partial charge in [0, 0.05) is 69.0 Å². The molecular formula is C71H108ClF3N12O12. The first-order valence-electron chi connectivity index (χ1n) is 35.9. The van der Waals surface area contributed by atoms with Crippen molar-refractivity contribution in [2.24, 2.45) is 23.7 Å². The van der Waals surface area contributed by atoms with Crippen LogP contribution in [-0.4, -0.2) is 251 Å². The highest BCUT2D eigenvalue weighted by molar-refractivity contribution is 6.31. The fraction of sp³-hybridized carbons (Fsp3) is 0.746. The highest BCUT2D eigenvalue weighted by Crippen LogP contribution is 2.39. The normalized spacial score (nSPS) is 26.8. The molecule has 0 radical (unpaired) electrons. The van der Waals surface area contributed by atoms with Crippen LogP contribution in [0.5, 0.6) is 0 Å². The third-order valence-electron chi connectivity index (χ3n) is 21.9. The minimum atomic E-state index is -4.76. The maximum Gasteiger partial charge on any atom is 0.417 e. The quantitative estimate of drug-likeness (QED) is 0.243. The second kappa shape index (κ2) is 35.0. The molecule has 0 unspecified atom stereocenters. The highest BCUT2D eigenvalue weighted by Gasteiger charge is 2.53. The van der Waals surface area contributed by atoms with Gasteiger partial charge >= 0.3 is 6.18 Å². The van der Waals surface area contributed by atoms with Crippen molar-refractivity contribution in [3.05, 3.63) is 34.3 Å². The molecule has 1 spiro atoms. The highest BCUT2D eigenvalue weighted by atomic mass is 35.5. The van der Waals surface area contributed by atoms with Crippen LogP contribution in [0.2, 0.25) is 5.02 Å². The summed E-state index contributed by atoms with van der Waals surface area (Å²) in [5.74, 6) is -8.72. The molecular weight excluding hydrogens is 1310 g/mol. The summed E-state index contributed by atoms with van der Waals surface area (Å²) in [5, 5.41) is 8.11. The van der Waals surface area contributed by atoms with Crippen molar-refractivity contribution in [2.75, 3.05) is 88.6 Å². The zero-order valence-corrected chi connectivity index (χ0v) is 60.8. The maximum absolute atomic E-state index is 15.7. The van der Waals surface area contributed by atoms with E-state index in [0.717, 1.165) is 78.2 Å². The minimum absolute atomic E-state index is 0.0207. The molecule has 28 heteroatoms. The molecule has 6 fully saturated rings. The van der Waals surface area contributed by atoms with Gasteiger partial charge < -0.3 is 60.0 Å². The Balaban J connectivity index is 1.27. The largest absolute Gasteiger partial charge is 0.417 e. The predicted molar refractivity (Wildman–Crippen MR) is 364 cm³/mol. The fourth-order valence-electron chi connectivity index (χ4n) is 15.2. The number of rotatable bonds is 11. The van der Waals surface area contributed by atoms with Crippen LogP contribution in [0.3, 0.4) is 0 Å². The topological polar surface area (TPSA) is 270 Å². The Morgan fingerprint density at radius 3 is 1.82 bits per heavy atom. The summed E-state index contributed by atoms with van der Waals surface area (Å²) in [6.45, 7) is 6.45. The van der Waals surface area contributed by atoms with Gasteiger partial charge in [0.2, 0.25) is 70.9 Å². The number of carbonyl (C=O) groups excluding carboxylic acids is 12. The van der Waals surface area contributed by atoms with Gasteiger partial charge in [0.15, 0.2) is 0 Å². The number of likely N-dealkylation sites (tertiary alicyclic amines) is 1. The Kier molecular flexibility index (Phi) is 28.0. The van der Waals surface area contributed by atoms with Crippen molar-refractivity contribution in [2.45, 2.75) is 229 Å². The van der Waals surface area contributed by atoms with Gasteiger partial charge in [-0.3, -0.25) is 57.5 Å². The smallest absolute Gasteiger partial charge is 0.343 e. The molecule has 1 aromatic carbocycles. The first-order valence-corrected chi connectivity index (χ1v) is 36.2. The third kappa shape index (κ3) is 19.7. The van der Waals surface area contributed by atoms with Crippen LogP contribution in [0.25, 0.3) is 0 Å². The van der Waals surface area contributed by atoms with Crippen molar-refractivity contribution < 1.29 is 70.7 Å². The summed E-state index contributed by atoms with van der Waals surface area (Å²) in [6.07, 6.45) is 5.74. The van der Waals surface area contributed by atoms with E-state index in [4.69, 9.17) is 11.6 Å². The Hall–Kier alpha value is -7.06. The average Bonchev–Trinajstić information content (AvgIpc) is 1.46. The number of nitrogens with zero attached hydrogens (tertiary/aromatic N) is 9. The molecule has 0 bridgehead atoms. The first-order chi connectivity index (χ1) is 46.7. The van der Waals surface area contributed by atoms with Crippen LogP contribution in [0.15, 0.2) is 18.2 Å². The summed E-state index contributed by atoms with van der Waals surface area (Å²) in [7, 11) is 9.98. The summed E-state index contributed by atoms with van der Waals surface area (Å²) >= 11 is 6.15. The van der Waals surface area contributed by atoms with Gasteiger partial charge in [-0.25, -0.2) is 0 Å². The summed E-state index contributed by atoms with van der Waals surface area (Å²) < 4.78 is 41.6. The molecule has 3 heterocycles. The van der Waals surface area contributed by atoms with Crippen molar-refractivity contribution in [1.82, 2.24) is 60.0 Å². The van der Waals surface area contributed by atoms with Crippen LogP contribution >= 0.6 is 11.6 Å². The number of hydrogen-bond acceptors (Lipinski definition) is 12. The summed E-state index contributed by atoms with van der Waals surface area (Å²) in [6, 6.07) is -5.50. The van der Waals surface area contributed by atoms with E-state index in [1.807, 2.05) is 20.8 Å². The van der Waals surface area contributed by atoms with Crippen molar-refractivity contribution in [3.63, 3.8) is 0 Å². The molecule has 6 aliphatic rings. The number of benzene rings is 1. The van der Waals surface area contributed by atoms with E-state index in [0.29, 0.717) is 63.6 Å². The van der Waals surface area contributed by atoms with Crippen LogP contribution in [0, 0.1) is 23.7 Å². The van der Waals surface area contributed by atoms with Gasteiger partial charge in [-0.1, -0.05) is 103 Å². The van der Waals surface area contributed by atoms with Crippen molar-refractivity contribution >= 4 is 82.5 Å². The van der Waals surface area contributed by atoms with Crippen molar-refractivity contribution in [1.29, 1.82) is 0 Å². The minimum Gasteiger partial charge on any atom is -0.343 e. The number of aryl methyl sites for hydroxylation is 1. The van der Waals surface area contributed by atoms with E-state index < -0.39 is 173 Å². The van der Waals surface area contributed by atoms with Gasteiger partial charge in [-0.05, 0) is 125 Å². The molecule has 8 atom stereocenters. The second-order valence-corrected chi connectivity index (χ2v) is 29.9. The van der Waals surface area contributed by atoms with Crippen LogP contribution in [0.1, 0.15) is 180 Å². The van der Waals surface area contributed by atoms with Gasteiger partial charge in [-0.2, -0.15) is 13.2 Å². The Morgan fingerprint density at radius 1 is 0.626 bits per heavy atom. The van der Waals surface area contributed by atoms with Gasteiger partial charge in [0.25, 0.3) is 0 Å². The zero-order chi connectivity index (χ0) is 73.0. The van der Waals surface area contributed by atoms with Gasteiger partial charge in [-0.15, -0.1) is 0 Å². The lowest BCUT2D eigenvalue weighted by Crippen LogP contribution is -2.68. The standard InChI is InChI=1S/C71H108ClF3N12O12/c1-12-45(4)60-67(97)81(7)42-58(90)79(5)43-59(91)83(9)54(39-46-23-15-13-16-24-46)65(95)80(6)41-56(88)76-51(31-29-47-28-30-49(50(72)38-47)71(73,74)75)64(94)87-36-21-27-52(87)63(93)78-70(32-22-33-70)69(99)85(11)61(48-25-17-14-18-26-48)68(98)84(10)55(66(96)86-34-19-20-35-86)40-57(89)82(8)53(37-44(2)3)62(92)77-60/h28,30,38,44-46,48,51-55,60-61H,12-27,29,31-37,39-43H2,1-11H3,(H,76,88)(H,77,92)(H,78,93)/t45-,51-,52-,53-,54-,55-,60-,61-/m0/s1. The molecule has 0 aromatic heterocycles.